The Labute approximate surface area is 102 Å². The monoisotopic (exact) mass is 239 g/mol. The van der Waals surface area contributed by atoms with Crippen molar-refractivity contribution in [3.63, 3.8) is 0 Å². The summed E-state index contributed by atoms with van der Waals surface area (Å²) >= 11 is 0. The lowest BCUT2D eigenvalue weighted by Gasteiger charge is -2.10. The highest BCUT2D eigenvalue weighted by Crippen LogP contribution is 2.13. The summed E-state index contributed by atoms with van der Waals surface area (Å²) in [6.45, 7) is 1.25. The van der Waals surface area contributed by atoms with E-state index in [1.54, 1.807) is 7.11 Å². The van der Waals surface area contributed by atoms with Crippen LogP contribution in [0.25, 0.3) is 0 Å². The molecule has 0 amide bonds. The molecule has 0 aliphatic rings. The lowest BCUT2D eigenvalue weighted by molar-refractivity contribution is 0.202. The molecule has 0 radical (unpaired) electrons. The van der Waals surface area contributed by atoms with Crippen molar-refractivity contribution in [3.05, 3.63) is 29.8 Å². The predicted molar refractivity (Wildman–Crippen MR) is 67.2 cm³/mol. The first kappa shape index (κ1) is 14.0. The van der Waals surface area contributed by atoms with Crippen LogP contribution in [0.4, 0.5) is 0 Å². The van der Waals surface area contributed by atoms with Crippen molar-refractivity contribution in [1.29, 1.82) is 0 Å². The Morgan fingerprint density at radius 2 is 1.94 bits per heavy atom. The predicted octanol–water partition coefficient (Wildman–Crippen LogP) is 0.964. The van der Waals surface area contributed by atoms with Crippen molar-refractivity contribution >= 4 is 0 Å². The molecular weight excluding hydrogens is 218 g/mol. The molecular formula is C13H21NO3. The van der Waals surface area contributed by atoms with Crippen LogP contribution in [0.5, 0.6) is 5.75 Å². The zero-order valence-corrected chi connectivity index (χ0v) is 10.3. The second-order valence-corrected chi connectivity index (χ2v) is 3.97. The van der Waals surface area contributed by atoms with E-state index >= 15 is 0 Å². The number of hydrogen-bond donors (Lipinski definition) is 2. The van der Waals surface area contributed by atoms with Gasteiger partial charge < -0.3 is 20.3 Å². The fraction of sp³-hybridized carbons (Fsp3) is 0.538. The molecule has 1 rings (SSSR count). The Morgan fingerprint density at radius 1 is 1.24 bits per heavy atom. The van der Waals surface area contributed by atoms with E-state index in [1.807, 2.05) is 24.3 Å². The molecule has 0 spiro atoms. The molecule has 1 atom stereocenters. The van der Waals surface area contributed by atoms with Gasteiger partial charge in [0.2, 0.25) is 0 Å². The highest BCUT2D eigenvalue weighted by Gasteiger charge is 2.01. The molecule has 4 heteroatoms. The normalized spacial score (nSPS) is 12.4. The zero-order valence-electron chi connectivity index (χ0n) is 10.3. The molecule has 96 valence electrons. The van der Waals surface area contributed by atoms with Gasteiger partial charge in [-0.15, -0.1) is 0 Å². The van der Waals surface area contributed by atoms with E-state index in [0.717, 1.165) is 18.8 Å². The molecule has 1 aromatic rings. The number of methoxy groups -OCH3 is 1. The summed E-state index contributed by atoms with van der Waals surface area (Å²) in [5, 5.41) is 8.76. The van der Waals surface area contributed by atoms with Gasteiger partial charge in [-0.1, -0.05) is 12.1 Å². The number of aliphatic hydroxyl groups excluding tert-OH is 1. The van der Waals surface area contributed by atoms with Crippen LogP contribution in [0.3, 0.4) is 0 Å². The number of benzene rings is 1. The van der Waals surface area contributed by atoms with Crippen LogP contribution >= 0.6 is 0 Å². The largest absolute Gasteiger partial charge is 0.494 e. The Hall–Kier alpha value is -1.10. The first-order chi connectivity index (χ1) is 8.26. The molecule has 0 saturated carbocycles. The lowest BCUT2D eigenvalue weighted by Crippen LogP contribution is -2.26. The average Bonchev–Trinajstić information content (AvgIpc) is 2.37. The molecule has 1 aromatic carbocycles. The van der Waals surface area contributed by atoms with Gasteiger partial charge in [-0.25, -0.2) is 0 Å². The van der Waals surface area contributed by atoms with E-state index in [0.29, 0.717) is 13.0 Å². The van der Waals surface area contributed by atoms with E-state index in [1.165, 1.54) is 5.56 Å². The van der Waals surface area contributed by atoms with Gasteiger partial charge in [0, 0.05) is 13.2 Å². The Bertz CT molecular complexity index is 300. The Morgan fingerprint density at radius 3 is 2.53 bits per heavy atom. The number of ether oxygens (including phenoxy) is 2. The lowest BCUT2D eigenvalue weighted by atomic mass is 10.1. The minimum Gasteiger partial charge on any atom is -0.494 e. The maximum Gasteiger partial charge on any atom is 0.119 e. The van der Waals surface area contributed by atoms with Crippen LogP contribution in [0, 0.1) is 0 Å². The summed E-state index contributed by atoms with van der Waals surface area (Å²) in [7, 11) is 1.70. The topological polar surface area (TPSA) is 64.7 Å². The number of rotatable bonds is 8. The molecule has 0 bridgehead atoms. The Kier molecular flexibility index (Phi) is 6.62. The minimum atomic E-state index is -0.198. The van der Waals surface area contributed by atoms with Crippen LogP contribution in [0.15, 0.2) is 24.3 Å². The molecule has 0 heterocycles. The van der Waals surface area contributed by atoms with Gasteiger partial charge in [0.15, 0.2) is 0 Å². The van der Waals surface area contributed by atoms with Gasteiger partial charge in [-0.2, -0.15) is 0 Å². The van der Waals surface area contributed by atoms with Crippen molar-refractivity contribution in [2.75, 3.05) is 26.9 Å². The number of nitrogens with two attached hydrogens (primary N) is 1. The summed E-state index contributed by atoms with van der Waals surface area (Å²) in [5.74, 6) is 0.830. The SMILES string of the molecule is COCCc1ccc(OCCC(N)CO)cc1. The fourth-order valence-corrected chi connectivity index (χ4v) is 1.39. The second kappa shape index (κ2) is 8.06. The average molecular weight is 239 g/mol. The Balaban J connectivity index is 2.30. The standard InChI is InChI=1S/C13H21NO3/c1-16-8-6-11-2-4-13(5-3-11)17-9-7-12(14)10-15/h2-5,12,15H,6-10,14H2,1H3. The third kappa shape index (κ3) is 5.68. The van der Waals surface area contributed by atoms with E-state index in [4.69, 9.17) is 20.3 Å². The van der Waals surface area contributed by atoms with Gasteiger partial charge in [0.25, 0.3) is 0 Å². The smallest absolute Gasteiger partial charge is 0.119 e. The van der Waals surface area contributed by atoms with Crippen LogP contribution in [-0.4, -0.2) is 38.1 Å². The van der Waals surface area contributed by atoms with Gasteiger partial charge in [-0.05, 0) is 30.5 Å². The summed E-state index contributed by atoms with van der Waals surface area (Å²) in [5.41, 5.74) is 6.80. The number of hydrogen-bond acceptors (Lipinski definition) is 4. The molecule has 0 fully saturated rings. The maximum absolute atomic E-state index is 8.76. The van der Waals surface area contributed by atoms with Crippen molar-refractivity contribution in [3.8, 4) is 5.75 Å². The molecule has 1 unspecified atom stereocenters. The van der Waals surface area contributed by atoms with Crippen molar-refractivity contribution in [2.24, 2.45) is 5.73 Å². The van der Waals surface area contributed by atoms with Gasteiger partial charge in [0.1, 0.15) is 5.75 Å². The minimum absolute atomic E-state index is 0.000679. The van der Waals surface area contributed by atoms with Crippen molar-refractivity contribution in [2.45, 2.75) is 18.9 Å². The van der Waals surface area contributed by atoms with Crippen molar-refractivity contribution in [1.82, 2.24) is 0 Å². The van der Waals surface area contributed by atoms with Crippen LogP contribution in [0.2, 0.25) is 0 Å². The van der Waals surface area contributed by atoms with Crippen LogP contribution in [-0.2, 0) is 11.2 Å². The molecule has 4 nitrogen and oxygen atoms in total. The highest BCUT2D eigenvalue weighted by molar-refractivity contribution is 5.27. The molecule has 0 aliphatic heterocycles. The third-order valence-corrected chi connectivity index (χ3v) is 2.51. The second-order valence-electron chi connectivity index (χ2n) is 3.97. The molecule has 3 N–H and O–H groups in total. The zero-order chi connectivity index (χ0) is 12.5. The van der Waals surface area contributed by atoms with Gasteiger partial charge in [0.05, 0.1) is 19.8 Å². The maximum atomic E-state index is 8.76. The third-order valence-electron chi connectivity index (χ3n) is 2.51. The van der Waals surface area contributed by atoms with Gasteiger partial charge in [-0.3, -0.25) is 0 Å². The first-order valence-electron chi connectivity index (χ1n) is 5.83. The van der Waals surface area contributed by atoms with E-state index in [9.17, 15) is 0 Å². The summed E-state index contributed by atoms with van der Waals surface area (Å²) in [6.07, 6.45) is 1.56. The van der Waals surface area contributed by atoms with E-state index in [-0.39, 0.29) is 12.6 Å². The molecule has 0 aromatic heterocycles. The summed E-state index contributed by atoms with van der Waals surface area (Å²) in [4.78, 5) is 0. The first-order valence-corrected chi connectivity index (χ1v) is 5.83. The van der Waals surface area contributed by atoms with Crippen molar-refractivity contribution < 1.29 is 14.6 Å². The molecule has 0 aliphatic carbocycles. The number of aliphatic hydroxyl groups is 1. The summed E-state index contributed by atoms with van der Waals surface area (Å²) in [6, 6.07) is 7.74. The van der Waals surface area contributed by atoms with E-state index < -0.39 is 0 Å². The molecule has 0 saturated heterocycles. The summed E-state index contributed by atoms with van der Waals surface area (Å²) < 4.78 is 10.5. The van der Waals surface area contributed by atoms with E-state index in [2.05, 4.69) is 0 Å². The van der Waals surface area contributed by atoms with Crippen LogP contribution in [0.1, 0.15) is 12.0 Å². The quantitative estimate of drug-likeness (QED) is 0.709. The van der Waals surface area contributed by atoms with Gasteiger partial charge >= 0.3 is 0 Å². The molecule has 17 heavy (non-hydrogen) atoms. The van der Waals surface area contributed by atoms with Crippen LogP contribution < -0.4 is 10.5 Å². The highest BCUT2D eigenvalue weighted by atomic mass is 16.5. The fourth-order valence-electron chi connectivity index (χ4n) is 1.39.